The molecule has 0 spiro atoms. The van der Waals surface area contributed by atoms with E-state index in [1.807, 2.05) is 38.3 Å². The Labute approximate surface area is 98.7 Å². The van der Waals surface area contributed by atoms with Crippen molar-refractivity contribution in [1.82, 2.24) is 9.78 Å². The summed E-state index contributed by atoms with van der Waals surface area (Å²) in [6.45, 7) is 6.59. The van der Waals surface area contributed by atoms with Crippen LogP contribution in [0.25, 0.3) is 0 Å². The highest BCUT2D eigenvalue weighted by molar-refractivity contribution is 7.10. The zero-order valence-electron chi connectivity index (χ0n) is 9.65. The minimum atomic E-state index is 0.0706. The lowest BCUT2D eigenvalue weighted by atomic mass is 10.1. The number of carbonyl (C=O) groups excluding carboxylic acids is 1. The van der Waals surface area contributed by atoms with Gasteiger partial charge in [0.25, 0.3) is 0 Å². The quantitative estimate of drug-likeness (QED) is 0.765. The van der Waals surface area contributed by atoms with Crippen LogP contribution in [0.5, 0.6) is 0 Å². The molecular weight excluding hydrogens is 220 g/mol. The Hall–Kier alpha value is -1.42. The number of carbonyl (C=O) groups is 1. The third-order valence-corrected chi connectivity index (χ3v) is 3.38. The predicted octanol–water partition coefficient (Wildman–Crippen LogP) is 2.81. The number of aromatic nitrogens is 2. The summed E-state index contributed by atoms with van der Waals surface area (Å²) in [7, 11) is 0. The van der Waals surface area contributed by atoms with Crippen molar-refractivity contribution < 1.29 is 4.79 Å². The lowest BCUT2D eigenvalue weighted by Gasteiger charge is -2.02. The highest BCUT2D eigenvalue weighted by atomic mass is 32.1. The maximum absolute atomic E-state index is 12.3. The fourth-order valence-electron chi connectivity index (χ4n) is 1.73. The Bertz CT molecular complexity index is 525. The van der Waals surface area contributed by atoms with Crippen molar-refractivity contribution in [2.24, 2.45) is 0 Å². The van der Waals surface area contributed by atoms with Crippen LogP contribution in [0.4, 0.5) is 0 Å². The average molecular weight is 234 g/mol. The topological polar surface area (TPSA) is 34.9 Å². The zero-order valence-corrected chi connectivity index (χ0v) is 10.5. The van der Waals surface area contributed by atoms with Gasteiger partial charge in [-0.05, 0) is 38.3 Å². The molecule has 0 aliphatic rings. The number of nitrogens with zero attached hydrogens (tertiary/aromatic N) is 2. The maximum Gasteiger partial charge on any atom is 0.212 e. The Balaban J connectivity index is 2.45. The van der Waals surface area contributed by atoms with Gasteiger partial charge >= 0.3 is 0 Å². The Kier molecular flexibility index (Phi) is 2.92. The predicted molar refractivity (Wildman–Crippen MR) is 65.1 cm³/mol. The summed E-state index contributed by atoms with van der Waals surface area (Å²) < 4.78 is 1.76. The highest BCUT2D eigenvalue weighted by Gasteiger charge is 2.17. The van der Waals surface area contributed by atoms with Gasteiger partial charge in [-0.1, -0.05) is 0 Å². The van der Waals surface area contributed by atoms with Crippen LogP contribution in [0.1, 0.15) is 33.5 Å². The van der Waals surface area contributed by atoms with Crippen LogP contribution in [0.2, 0.25) is 0 Å². The molecule has 0 saturated carbocycles. The van der Waals surface area contributed by atoms with Crippen LogP contribution in [0.15, 0.2) is 17.5 Å². The Morgan fingerprint density at radius 2 is 2.25 bits per heavy atom. The van der Waals surface area contributed by atoms with Gasteiger partial charge in [-0.25, -0.2) is 0 Å². The SMILES string of the molecule is CCn1nc(C)cc1C(=O)c1ccsc1C. The van der Waals surface area contributed by atoms with Crippen LogP contribution >= 0.6 is 11.3 Å². The fourth-order valence-corrected chi connectivity index (χ4v) is 2.42. The third kappa shape index (κ3) is 1.80. The number of aryl methyl sites for hydroxylation is 3. The van der Waals surface area contributed by atoms with Crippen molar-refractivity contribution >= 4 is 17.1 Å². The molecule has 0 N–H and O–H groups in total. The molecule has 2 aromatic rings. The first kappa shape index (κ1) is 11.1. The van der Waals surface area contributed by atoms with Crippen molar-refractivity contribution in [3.05, 3.63) is 39.3 Å². The van der Waals surface area contributed by atoms with Gasteiger partial charge in [-0.2, -0.15) is 5.10 Å². The first-order chi connectivity index (χ1) is 7.63. The molecule has 0 amide bonds. The number of rotatable bonds is 3. The van der Waals surface area contributed by atoms with Gasteiger partial charge in [0.2, 0.25) is 5.78 Å². The van der Waals surface area contributed by atoms with Gasteiger partial charge in [-0.15, -0.1) is 11.3 Å². The molecule has 16 heavy (non-hydrogen) atoms. The van der Waals surface area contributed by atoms with E-state index in [-0.39, 0.29) is 5.78 Å². The largest absolute Gasteiger partial charge is 0.287 e. The first-order valence-electron chi connectivity index (χ1n) is 5.26. The lowest BCUT2D eigenvalue weighted by Crippen LogP contribution is -2.10. The molecule has 2 heterocycles. The summed E-state index contributed by atoms with van der Waals surface area (Å²) in [6, 6.07) is 3.73. The van der Waals surface area contributed by atoms with Crippen LogP contribution in [-0.2, 0) is 6.54 Å². The third-order valence-electron chi connectivity index (χ3n) is 2.54. The van der Waals surface area contributed by atoms with Crippen molar-refractivity contribution in [3.63, 3.8) is 0 Å². The van der Waals surface area contributed by atoms with Crippen LogP contribution < -0.4 is 0 Å². The molecule has 0 saturated heterocycles. The molecule has 2 rings (SSSR count). The summed E-state index contributed by atoms with van der Waals surface area (Å²) in [5, 5.41) is 6.24. The van der Waals surface area contributed by atoms with Gasteiger partial charge in [0.15, 0.2) is 0 Å². The second-order valence-corrected chi connectivity index (χ2v) is 4.83. The monoisotopic (exact) mass is 234 g/mol. The van der Waals surface area contributed by atoms with E-state index in [0.717, 1.165) is 22.7 Å². The summed E-state index contributed by atoms with van der Waals surface area (Å²) in [4.78, 5) is 13.3. The lowest BCUT2D eigenvalue weighted by molar-refractivity contribution is 0.102. The van der Waals surface area contributed by atoms with E-state index < -0.39 is 0 Å². The van der Waals surface area contributed by atoms with Gasteiger partial charge < -0.3 is 0 Å². The molecule has 0 aliphatic heterocycles. The van der Waals surface area contributed by atoms with Crippen molar-refractivity contribution in [2.45, 2.75) is 27.3 Å². The molecule has 0 unspecified atom stereocenters. The van der Waals surface area contributed by atoms with E-state index in [1.54, 1.807) is 16.0 Å². The second kappa shape index (κ2) is 4.22. The van der Waals surface area contributed by atoms with Gasteiger partial charge in [0.1, 0.15) is 5.69 Å². The number of hydrogen-bond acceptors (Lipinski definition) is 3. The summed E-state index contributed by atoms with van der Waals surface area (Å²) in [5.74, 6) is 0.0706. The number of ketones is 1. The van der Waals surface area contributed by atoms with E-state index in [0.29, 0.717) is 5.69 Å². The normalized spacial score (nSPS) is 10.7. The van der Waals surface area contributed by atoms with E-state index in [1.165, 1.54) is 0 Å². The zero-order chi connectivity index (χ0) is 11.7. The minimum absolute atomic E-state index is 0.0706. The van der Waals surface area contributed by atoms with Crippen LogP contribution in [-0.4, -0.2) is 15.6 Å². The van der Waals surface area contributed by atoms with E-state index in [9.17, 15) is 4.79 Å². The maximum atomic E-state index is 12.3. The van der Waals surface area contributed by atoms with E-state index in [2.05, 4.69) is 5.10 Å². The van der Waals surface area contributed by atoms with Gasteiger partial charge in [0, 0.05) is 17.0 Å². The standard InChI is InChI=1S/C12H14N2OS/c1-4-14-11(7-8(2)13-14)12(15)10-5-6-16-9(10)3/h5-7H,4H2,1-3H3. The molecule has 0 bridgehead atoms. The fraction of sp³-hybridized carbons (Fsp3) is 0.333. The van der Waals surface area contributed by atoms with Crippen molar-refractivity contribution in [2.75, 3.05) is 0 Å². The first-order valence-corrected chi connectivity index (χ1v) is 6.14. The molecule has 0 aliphatic carbocycles. The highest BCUT2D eigenvalue weighted by Crippen LogP contribution is 2.19. The number of thiophene rings is 1. The molecule has 2 aromatic heterocycles. The number of hydrogen-bond donors (Lipinski definition) is 0. The second-order valence-electron chi connectivity index (χ2n) is 3.71. The molecule has 0 atom stereocenters. The van der Waals surface area contributed by atoms with Crippen molar-refractivity contribution in [3.8, 4) is 0 Å². The molecule has 84 valence electrons. The summed E-state index contributed by atoms with van der Waals surface area (Å²) in [5.41, 5.74) is 2.36. The van der Waals surface area contributed by atoms with Crippen molar-refractivity contribution in [1.29, 1.82) is 0 Å². The minimum Gasteiger partial charge on any atom is -0.287 e. The van der Waals surface area contributed by atoms with Crippen LogP contribution in [0.3, 0.4) is 0 Å². The average Bonchev–Trinajstić information content (AvgIpc) is 2.83. The molecule has 0 radical (unpaired) electrons. The molecule has 0 fully saturated rings. The van der Waals surface area contributed by atoms with Gasteiger partial charge in [0.05, 0.1) is 5.69 Å². The molecule has 4 heteroatoms. The summed E-state index contributed by atoms with van der Waals surface area (Å²) >= 11 is 1.60. The Morgan fingerprint density at radius 3 is 2.81 bits per heavy atom. The van der Waals surface area contributed by atoms with Gasteiger partial charge in [-0.3, -0.25) is 9.48 Å². The van der Waals surface area contributed by atoms with Crippen LogP contribution in [0, 0.1) is 13.8 Å². The molecule has 3 nitrogen and oxygen atoms in total. The van der Waals surface area contributed by atoms with E-state index in [4.69, 9.17) is 0 Å². The summed E-state index contributed by atoms with van der Waals surface area (Å²) in [6.07, 6.45) is 0. The Morgan fingerprint density at radius 1 is 1.50 bits per heavy atom. The molecule has 0 aromatic carbocycles. The smallest absolute Gasteiger partial charge is 0.212 e. The molecular formula is C12H14N2OS. The van der Waals surface area contributed by atoms with E-state index >= 15 is 0 Å².